The molecule has 0 spiro atoms. The summed E-state index contributed by atoms with van der Waals surface area (Å²) in [5.41, 5.74) is 1.99. The van der Waals surface area contributed by atoms with Gasteiger partial charge in [0, 0.05) is 13.2 Å². The van der Waals surface area contributed by atoms with E-state index in [2.05, 4.69) is 26.0 Å². The van der Waals surface area contributed by atoms with Crippen LogP contribution in [-0.4, -0.2) is 25.8 Å². The van der Waals surface area contributed by atoms with Crippen LogP contribution in [0.4, 0.5) is 0 Å². The number of hydrogen-bond acceptors (Lipinski definition) is 3. The molecule has 2 rings (SSSR count). The number of aromatic nitrogens is 3. The molecule has 1 N–H and O–H groups in total. The van der Waals surface area contributed by atoms with E-state index in [4.69, 9.17) is 5.11 Å². The fraction of sp³-hybridized carbons (Fsp3) is 0.182. The van der Waals surface area contributed by atoms with Gasteiger partial charge in [-0.05, 0) is 28.1 Å². The van der Waals surface area contributed by atoms with Crippen LogP contribution in [0.3, 0.4) is 0 Å². The number of hydrogen-bond donors (Lipinski definition) is 1. The summed E-state index contributed by atoms with van der Waals surface area (Å²) in [5, 5.41) is 13.1. The van der Waals surface area contributed by atoms with Crippen molar-refractivity contribution in [1.29, 1.82) is 0 Å². The lowest BCUT2D eigenvalue weighted by Crippen LogP contribution is -2.06. The minimum atomic E-state index is -0.888. The van der Waals surface area contributed by atoms with Crippen LogP contribution in [0.25, 0.3) is 11.4 Å². The number of halogens is 1. The Balaban J connectivity index is 2.48. The second-order valence-corrected chi connectivity index (χ2v) is 4.31. The summed E-state index contributed by atoms with van der Waals surface area (Å²) in [6.45, 7) is 0. The maximum atomic E-state index is 10.7. The van der Waals surface area contributed by atoms with Crippen LogP contribution in [0.2, 0.25) is 0 Å². The average Bonchev–Trinajstić information content (AvgIpc) is 2.58. The third kappa shape index (κ3) is 2.36. The molecule has 0 aliphatic rings. The highest BCUT2D eigenvalue weighted by molar-refractivity contribution is 9.10. The van der Waals surface area contributed by atoms with Gasteiger partial charge in [0.25, 0.3) is 0 Å². The molecule has 0 aliphatic carbocycles. The Bertz CT molecular complexity index is 551. The molecule has 2 aromatic rings. The van der Waals surface area contributed by atoms with Crippen LogP contribution < -0.4 is 0 Å². The molecule has 0 unspecified atom stereocenters. The molecule has 0 saturated heterocycles. The number of carbonyl (C=O) groups is 1. The Morgan fingerprint density at radius 1 is 1.53 bits per heavy atom. The Morgan fingerprint density at radius 2 is 2.29 bits per heavy atom. The van der Waals surface area contributed by atoms with E-state index in [0.29, 0.717) is 21.6 Å². The lowest BCUT2D eigenvalue weighted by Gasteiger charge is -1.97. The molecule has 0 fully saturated rings. The van der Waals surface area contributed by atoms with Crippen molar-refractivity contribution >= 4 is 21.9 Å². The minimum Gasteiger partial charge on any atom is -0.481 e. The van der Waals surface area contributed by atoms with Crippen molar-refractivity contribution in [2.75, 3.05) is 0 Å². The Kier molecular flexibility index (Phi) is 3.23. The molecular weight excluding hydrogens is 286 g/mol. The molecular formula is C11H10BrN3O2. The highest BCUT2D eigenvalue weighted by atomic mass is 79.9. The maximum Gasteiger partial charge on any atom is 0.309 e. The molecule has 0 atom stereocenters. The molecule has 17 heavy (non-hydrogen) atoms. The molecule has 88 valence electrons. The van der Waals surface area contributed by atoms with Gasteiger partial charge in [-0.15, -0.1) is 0 Å². The SMILES string of the molecule is Cn1nc(-c2ccccn2)c(Br)c1CC(=O)O. The summed E-state index contributed by atoms with van der Waals surface area (Å²) >= 11 is 3.38. The quantitative estimate of drug-likeness (QED) is 0.939. The molecule has 2 heterocycles. The number of nitrogens with zero attached hydrogens (tertiary/aromatic N) is 3. The number of carboxylic acids is 1. The van der Waals surface area contributed by atoms with E-state index in [9.17, 15) is 4.79 Å². The third-order valence-electron chi connectivity index (χ3n) is 2.33. The van der Waals surface area contributed by atoms with Gasteiger partial charge in [-0.25, -0.2) is 0 Å². The van der Waals surface area contributed by atoms with Gasteiger partial charge in [0.05, 0.1) is 22.3 Å². The minimum absolute atomic E-state index is 0.0725. The fourth-order valence-electron chi connectivity index (χ4n) is 1.53. The van der Waals surface area contributed by atoms with E-state index in [1.54, 1.807) is 17.9 Å². The van der Waals surface area contributed by atoms with E-state index in [1.807, 2.05) is 18.2 Å². The van der Waals surface area contributed by atoms with Crippen molar-refractivity contribution in [3.05, 3.63) is 34.6 Å². The average molecular weight is 296 g/mol. The molecule has 0 bridgehead atoms. The number of aliphatic carboxylic acids is 1. The number of carboxylic acid groups (broad SMARTS) is 1. The van der Waals surface area contributed by atoms with Gasteiger partial charge in [-0.1, -0.05) is 6.07 Å². The summed E-state index contributed by atoms with van der Waals surface area (Å²) in [6, 6.07) is 5.51. The summed E-state index contributed by atoms with van der Waals surface area (Å²) in [7, 11) is 1.72. The molecule has 0 aliphatic heterocycles. The lowest BCUT2D eigenvalue weighted by atomic mass is 10.2. The van der Waals surface area contributed by atoms with Gasteiger partial charge in [0.2, 0.25) is 0 Å². The molecule has 0 saturated carbocycles. The van der Waals surface area contributed by atoms with Crippen LogP contribution in [0.1, 0.15) is 5.69 Å². The van der Waals surface area contributed by atoms with Crippen LogP contribution in [0, 0.1) is 0 Å². The van der Waals surface area contributed by atoms with Crippen LogP contribution in [0.5, 0.6) is 0 Å². The first kappa shape index (κ1) is 11.8. The molecule has 0 aromatic carbocycles. The standard InChI is InChI=1S/C11H10BrN3O2/c1-15-8(6-9(16)17)10(12)11(14-15)7-4-2-3-5-13-7/h2-5H,6H2,1H3,(H,16,17). The molecule has 6 heteroatoms. The van der Waals surface area contributed by atoms with Gasteiger partial charge in [-0.3, -0.25) is 14.5 Å². The van der Waals surface area contributed by atoms with Crippen molar-refractivity contribution in [3.63, 3.8) is 0 Å². The molecule has 2 aromatic heterocycles. The molecule has 5 nitrogen and oxygen atoms in total. The fourth-order valence-corrected chi connectivity index (χ4v) is 2.21. The third-order valence-corrected chi connectivity index (χ3v) is 3.16. The summed E-state index contributed by atoms with van der Waals surface area (Å²) in [4.78, 5) is 14.9. The monoisotopic (exact) mass is 295 g/mol. The number of aryl methyl sites for hydroxylation is 1. The second kappa shape index (κ2) is 4.67. The predicted octanol–water partition coefficient (Wildman–Crippen LogP) is 1.87. The van der Waals surface area contributed by atoms with Crippen LogP contribution in [0.15, 0.2) is 28.9 Å². The zero-order valence-corrected chi connectivity index (χ0v) is 10.7. The van der Waals surface area contributed by atoms with Crippen molar-refractivity contribution in [2.24, 2.45) is 7.05 Å². The molecule has 0 radical (unpaired) electrons. The van der Waals surface area contributed by atoms with Crippen molar-refractivity contribution in [3.8, 4) is 11.4 Å². The number of rotatable bonds is 3. The summed E-state index contributed by atoms with van der Waals surface area (Å²) in [6.07, 6.45) is 1.60. The van der Waals surface area contributed by atoms with Crippen LogP contribution >= 0.6 is 15.9 Å². The van der Waals surface area contributed by atoms with E-state index in [0.717, 1.165) is 0 Å². The van der Waals surface area contributed by atoms with Crippen molar-refractivity contribution in [1.82, 2.24) is 14.8 Å². The maximum absolute atomic E-state index is 10.7. The van der Waals surface area contributed by atoms with Gasteiger partial charge in [-0.2, -0.15) is 5.10 Å². The first-order valence-corrected chi connectivity index (χ1v) is 5.73. The van der Waals surface area contributed by atoms with Crippen LogP contribution in [-0.2, 0) is 18.3 Å². The van der Waals surface area contributed by atoms with E-state index in [-0.39, 0.29) is 6.42 Å². The smallest absolute Gasteiger partial charge is 0.309 e. The van der Waals surface area contributed by atoms with E-state index < -0.39 is 5.97 Å². The summed E-state index contributed by atoms with van der Waals surface area (Å²) < 4.78 is 2.24. The second-order valence-electron chi connectivity index (χ2n) is 3.52. The zero-order valence-electron chi connectivity index (χ0n) is 9.09. The van der Waals surface area contributed by atoms with Crippen molar-refractivity contribution < 1.29 is 9.90 Å². The molecule has 0 amide bonds. The van der Waals surface area contributed by atoms with Gasteiger partial charge < -0.3 is 5.11 Å². The summed E-state index contributed by atoms with van der Waals surface area (Å²) in [5.74, 6) is -0.888. The lowest BCUT2D eigenvalue weighted by molar-refractivity contribution is -0.136. The number of pyridine rings is 1. The van der Waals surface area contributed by atoms with E-state index >= 15 is 0 Å². The first-order valence-electron chi connectivity index (χ1n) is 4.94. The topological polar surface area (TPSA) is 68.0 Å². The Labute approximate surface area is 106 Å². The Hall–Kier alpha value is -1.69. The Morgan fingerprint density at radius 3 is 2.88 bits per heavy atom. The van der Waals surface area contributed by atoms with Gasteiger partial charge in [0.1, 0.15) is 5.69 Å². The van der Waals surface area contributed by atoms with Gasteiger partial charge in [0.15, 0.2) is 0 Å². The zero-order chi connectivity index (χ0) is 12.4. The largest absolute Gasteiger partial charge is 0.481 e. The highest BCUT2D eigenvalue weighted by Gasteiger charge is 2.17. The highest BCUT2D eigenvalue weighted by Crippen LogP contribution is 2.28. The predicted molar refractivity (Wildman–Crippen MR) is 65.5 cm³/mol. The van der Waals surface area contributed by atoms with Crippen molar-refractivity contribution in [2.45, 2.75) is 6.42 Å². The van der Waals surface area contributed by atoms with Gasteiger partial charge >= 0.3 is 5.97 Å². The first-order chi connectivity index (χ1) is 8.09. The van der Waals surface area contributed by atoms with E-state index in [1.165, 1.54) is 0 Å². The normalized spacial score (nSPS) is 10.5.